The molecule has 6 heteroatoms. The molecule has 3 atom stereocenters. The Bertz CT molecular complexity index is 711. The van der Waals surface area contributed by atoms with E-state index in [1.165, 1.54) is 22.7 Å². The average molecular weight is 375 g/mol. The molecule has 4 heterocycles. The summed E-state index contributed by atoms with van der Waals surface area (Å²) in [5, 5.41) is 1.96. The van der Waals surface area contributed by atoms with Gasteiger partial charge in [-0.05, 0) is 42.5 Å². The first-order valence-electron chi connectivity index (χ1n) is 9.55. The van der Waals surface area contributed by atoms with Gasteiger partial charge >= 0.3 is 0 Å². The van der Waals surface area contributed by atoms with Gasteiger partial charge in [-0.3, -0.25) is 14.5 Å². The normalized spacial score (nSPS) is 30.0. The van der Waals surface area contributed by atoms with Crippen LogP contribution < -0.4 is 0 Å². The third kappa shape index (κ3) is 3.21. The zero-order valence-electron chi connectivity index (χ0n) is 15.4. The van der Waals surface area contributed by atoms with E-state index >= 15 is 0 Å². The number of carbonyl (C=O) groups is 2. The Morgan fingerprint density at radius 3 is 2.58 bits per heavy atom. The van der Waals surface area contributed by atoms with E-state index in [1.807, 2.05) is 17.5 Å². The maximum Gasteiger partial charge on any atom is 0.277 e. The number of imide groups is 1. The van der Waals surface area contributed by atoms with Crippen molar-refractivity contribution in [3.8, 4) is 0 Å². The number of hydrogen-bond donors (Lipinski definition) is 0. The Hall–Kier alpha value is -1.66. The minimum Gasteiger partial charge on any atom is -0.376 e. The fourth-order valence-corrected chi connectivity index (χ4v) is 5.27. The summed E-state index contributed by atoms with van der Waals surface area (Å²) in [5.41, 5.74) is 1.19. The standard InChI is InChI=1S/C20H26N2O3S/c1-13-9-14(2)11-21(10-13)18-17(16-6-4-8-26-16)19(23)22(20(18)24)12-15-5-3-7-25-15/h4,6,8,13-15H,3,5,7,9-12H2,1-2H3. The quantitative estimate of drug-likeness (QED) is 0.761. The second-order valence-corrected chi connectivity index (χ2v) is 8.86. The highest BCUT2D eigenvalue weighted by Gasteiger charge is 2.44. The van der Waals surface area contributed by atoms with E-state index in [0.29, 0.717) is 29.7 Å². The van der Waals surface area contributed by atoms with Crippen LogP contribution in [0.2, 0.25) is 0 Å². The van der Waals surface area contributed by atoms with Crippen LogP contribution in [0.3, 0.4) is 0 Å². The van der Waals surface area contributed by atoms with Crippen LogP contribution in [0.15, 0.2) is 23.2 Å². The van der Waals surface area contributed by atoms with Gasteiger partial charge in [-0.15, -0.1) is 11.3 Å². The fraction of sp³-hybridized carbons (Fsp3) is 0.600. The Morgan fingerprint density at radius 1 is 1.19 bits per heavy atom. The lowest BCUT2D eigenvalue weighted by molar-refractivity contribution is -0.139. The first-order valence-corrected chi connectivity index (χ1v) is 10.4. The summed E-state index contributed by atoms with van der Waals surface area (Å²) in [6.07, 6.45) is 3.06. The molecule has 140 valence electrons. The van der Waals surface area contributed by atoms with Crippen molar-refractivity contribution >= 4 is 28.7 Å². The van der Waals surface area contributed by atoms with Crippen molar-refractivity contribution in [2.24, 2.45) is 11.8 Å². The summed E-state index contributed by atoms with van der Waals surface area (Å²) in [7, 11) is 0. The molecule has 26 heavy (non-hydrogen) atoms. The minimum absolute atomic E-state index is 0.0222. The van der Waals surface area contributed by atoms with Crippen LogP contribution in [0.25, 0.3) is 5.57 Å². The van der Waals surface area contributed by atoms with E-state index in [9.17, 15) is 9.59 Å². The Kier molecular flexibility index (Phi) is 4.88. The van der Waals surface area contributed by atoms with Gasteiger partial charge in [0.25, 0.3) is 11.8 Å². The number of hydrogen-bond acceptors (Lipinski definition) is 5. The molecule has 1 aromatic heterocycles. The largest absolute Gasteiger partial charge is 0.376 e. The van der Waals surface area contributed by atoms with E-state index in [1.54, 1.807) is 0 Å². The van der Waals surface area contributed by atoms with Crippen LogP contribution in [0, 0.1) is 11.8 Å². The molecule has 5 nitrogen and oxygen atoms in total. The second kappa shape index (κ2) is 7.16. The SMILES string of the molecule is CC1CC(C)CN(C2=C(c3cccs3)C(=O)N(CC3CCCO3)C2=O)C1. The highest BCUT2D eigenvalue weighted by molar-refractivity contribution is 7.11. The summed E-state index contributed by atoms with van der Waals surface area (Å²) in [5.74, 6) is 0.737. The van der Waals surface area contributed by atoms with E-state index in [0.717, 1.165) is 37.4 Å². The number of thiophene rings is 1. The van der Waals surface area contributed by atoms with Gasteiger partial charge in [0.2, 0.25) is 0 Å². The third-order valence-electron chi connectivity index (χ3n) is 5.51. The molecule has 2 amide bonds. The molecule has 0 bridgehead atoms. The number of nitrogens with zero attached hydrogens (tertiary/aromatic N) is 2. The van der Waals surface area contributed by atoms with Gasteiger partial charge in [-0.2, -0.15) is 0 Å². The van der Waals surface area contributed by atoms with E-state index in [2.05, 4.69) is 18.7 Å². The first-order chi connectivity index (χ1) is 12.5. The molecule has 0 aromatic carbocycles. The number of amides is 2. The zero-order chi connectivity index (χ0) is 18.3. The molecule has 4 rings (SSSR count). The Morgan fingerprint density at radius 2 is 1.96 bits per heavy atom. The predicted octanol–water partition coefficient (Wildman–Crippen LogP) is 2.98. The number of ether oxygens (including phenoxy) is 1. The Labute approximate surface area is 158 Å². The van der Waals surface area contributed by atoms with Crippen molar-refractivity contribution in [3.05, 3.63) is 28.1 Å². The highest BCUT2D eigenvalue weighted by atomic mass is 32.1. The molecule has 3 aliphatic rings. The van der Waals surface area contributed by atoms with Crippen molar-refractivity contribution < 1.29 is 14.3 Å². The molecule has 0 radical (unpaired) electrons. The molecule has 2 fully saturated rings. The lowest BCUT2D eigenvalue weighted by Crippen LogP contribution is -2.43. The number of likely N-dealkylation sites (tertiary alicyclic amines) is 1. The second-order valence-electron chi connectivity index (χ2n) is 7.91. The number of rotatable bonds is 4. The fourth-order valence-electron chi connectivity index (χ4n) is 4.50. The molecule has 3 aliphatic heterocycles. The molecular formula is C20H26N2O3S. The van der Waals surface area contributed by atoms with Crippen LogP contribution in [0.5, 0.6) is 0 Å². The van der Waals surface area contributed by atoms with Crippen molar-refractivity contribution in [1.29, 1.82) is 0 Å². The van der Waals surface area contributed by atoms with E-state index in [4.69, 9.17) is 4.74 Å². The van der Waals surface area contributed by atoms with Crippen LogP contribution in [-0.4, -0.2) is 54.0 Å². The molecule has 1 aromatic rings. The van der Waals surface area contributed by atoms with Crippen molar-refractivity contribution in [2.45, 2.75) is 39.2 Å². The van der Waals surface area contributed by atoms with Crippen molar-refractivity contribution in [2.75, 3.05) is 26.2 Å². The Balaban J connectivity index is 1.68. The van der Waals surface area contributed by atoms with Gasteiger partial charge in [0.1, 0.15) is 5.70 Å². The maximum absolute atomic E-state index is 13.3. The topological polar surface area (TPSA) is 49.9 Å². The van der Waals surface area contributed by atoms with Gasteiger partial charge < -0.3 is 9.64 Å². The highest BCUT2D eigenvalue weighted by Crippen LogP contribution is 2.37. The lowest BCUT2D eigenvalue weighted by Gasteiger charge is -2.37. The summed E-state index contributed by atoms with van der Waals surface area (Å²) in [4.78, 5) is 30.9. The van der Waals surface area contributed by atoms with Crippen LogP contribution in [-0.2, 0) is 14.3 Å². The summed E-state index contributed by atoms with van der Waals surface area (Å²) < 4.78 is 5.68. The van der Waals surface area contributed by atoms with Crippen LogP contribution in [0.4, 0.5) is 0 Å². The molecule has 3 unspecified atom stereocenters. The van der Waals surface area contributed by atoms with Gasteiger partial charge in [0.05, 0.1) is 18.2 Å². The number of piperidine rings is 1. The maximum atomic E-state index is 13.3. The first kappa shape index (κ1) is 17.7. The summed E-state index contributed by atoms with van der Waals surface area (Å²) in [6.45, 7) is 7.20. The number of carbonyl (C=O) groups excluding carboxylic acids is 2. The van der Waals surface area contributed by atoms with Gasteiger partial charge in [-0.25, -0.2) is 0 Å². The van der Waals surface area contributed by atoms with Crippen molar-refractivity contribution in [1.82, 2.24) is 9.80 Å². The predicted molar refractivity (Wildman–Crippen MR) is 101 cm³/mol. The third-order valence-corrected chi connectivity index (χ3v) is 6.39. The van der Waals surface area contributed by atoms with Gasteiger partial charge in [-0.1, -0.05) is 19.9 Å². The minimum atomic E-state index is -0.158. The zero-order valence-corrected chi connectivity index (χ0v) is 16.3. The molecular weight excluding hydrogens is 348 g/mol. The summed E-state index contributed by atoms with van der Waals surface area (Å²) in [6, 6.07) is 3.88. The lowest BCUT2D eigenvalue weighted by atomic mass is 9.91. The monoisotopic (exact) mass is 374 g/mol. The smallest absolute Gasteiger partial charge is 0.277 e. The molecule has 0 spiro atoms. The van der Waals surface area contributed by atoms with Gasteiger partial charge in [0, 0.05) is 24.6 Å². The van der Waals surface area contributed by atoms with Crippen molar-refractivity contribution in [3.63, 3.8) is 0 Å². The summed E-state index contributed by atoms with van der Waals surface area (Å²) >= 11 is 1.52. The molecule has 0 N–H and O–H groups in total. The van der Waals surface area contributed by atoms with Crippen LogP contribution in [0.1, 0.15) is 38.0 Å². The molecule has 0 saturated carbocycles. The molecule has 0 aliphatic carbocycles. The van der Waals surface area contributed by atoms with E-state index < -0.39 is 0 Å². The molecule has 2 saturated heterocycles. The average Bonchev–Trinajstić information content (AvgIpc) is 3.31. The van der Waals surface area contributed by atoms with E-state index in [-0.39, 0.29) is 17.9 Å². The van der Waals surface area contributed by atoms with Gasteiger partial charge in [0.15, 0.2) is 0 Å². The van der Waals surface area contributed by atoms with Crippen LogP contribution >= 0.6 is 11.3 Å².